The molecule has 0 saturated carbocycles. The predicted molar refractivity (Wildman–Crippen MR) is 126 cm³/mol. The summed E-state index contributed by atoms with van der Waals surface area (Å²) in [4.78, 5) is 49.7. The third kappa shape index (κ3) is 5.51. The van der Waals surface area contributed by atoms with E-state index in [9.17, 15) is 29.6 Å². The minimum atomic E-state index is -1.66. The minimum Gasteiger partial charge on any atom is -0.479 e. The van der Waals surface area contributed by atoms with Gasteiger partial charge in [0.15, 0.2) is 0 Å². The molecule has 2 atom stereocenters. The number of hydrogen-bond donors (Lipinski definition) is 3. The van der Waals surface area contributed by atoms with Gasteiger partial charge in [-0.3, -0.25) is 14.9 Å². The number of carboxylic acid groups (broad SMARTS) is 1. The summed E-state index contributed by atoms with van der Waals surface area (Å²) in [7, 11) is 2.62. The number of rotatable bonds is 10. The number of nitro benzene ring substituents is 1. The Hall–Kier alpha value is -3.73. The van der Waals surface area contributed by atoms with Crippen LogP contribution < -0.4 is 10.6 Å². The van der Waals surface area contributed by atoms with Crippen molar-refractivity contribution in [1.82, 2.24) is 10.6 Å². The molecule has 11 nitrogen and oxygen atoms in total. The summed E-state index contributed by atoms with van der Waals surface area (Å²) < 4.78 is 10.0. The Balaban J connectivity index is 2.71. The number of nitrogens with zero attached hydrogens (tertiary/aromatic N) is 1. The van der Waals surface area contributed by atoms with Crippen molar-refractivity contribution in [2.45, 2.75) is 45.6 Å². The van der Waals surface area contributed by atoms with Gasteiger partial charge in [-0.2, -0.15) is 0 Å². The minimum absolute atomic E-state index is 0.00218. The zero-order valence-electron chi connectivity index (χ0n) is 20.6. The number of aliphatic carboxylic acids is 1. The first-order valence-corrected chi connectivity index (χ1v) is 11.0. The number of nitro groups is 1. The Morgan fingerprint density at radius 3 is 2.34 bits per heavy atom. The van der Waals surface area contributed by atoms with Gasteiger partial charge in [0.05, 0.1) is 23.5 Å². The van der Waals surface area contributed by atoms with Gasteiger partial charge in [0.1, 0.15) is 5.54 Å². The highest BCUT2D eigenvalue weighted by Gasteiger charge is 2.46. The van der Waals surface area contributed by atoms with E-state index in [0.717, 1.165) is 0 Å². The second-order valence-corrected chi connectivity index (χ2v) is 8.61. The van der Waals surface area contributed by atoms with Crippen LogP contribution >= 0.6 is 0 Å². The second kappa shape index (κ2) is 11.1. The topological polar surface area (TPSA) is 157 Å². The average Bonchev–Trinajstić information content (AvgIpc) is 2.80. The summed E-state index contributed by atoms with van der Waals surface area (Å²) in [5, 5.41) is 27.1. The van der Waals surface area contributed by atoms with Crippen molar-refractivity contribution >= 4 is 23.5 Å². The largest absolute Gasteiger partial charge is 0.479 e. The van der Waals surface area contributed by atoms with E-state index in [2.05, 4.69) is 10.6 Å². The molecule has 35 heavy (non-hydrogen) atoms. The molecule has 0 fully saturated rings. The molecule has 190 valence electrons. The van der Waals surface area contributed by atoms with Gasteiger partial charge in [0, 0.05) is 49.2 Å². The van der Waals surface area contributed by atoms with Crippen LogP contribution in [-0.4, -0.2) is 54.2 Å². The van der Waals surface area contributed by atoms with Gasteiger partial charge in [-0.05, 0) is 25.3 Å². The Morgan fingerprint density at radius 1 is 1.20 bits per heavy atom. The highest BCUT2D eigenvalue weighted by molar-refractivity contribution is 6.03. The summed E-state index contributed by atoms with van der Waals surface area (Å²) in [5.74, 6) is -4.23. The molecule has 1 aliphatic heterocycles. The number of carbonyl (C=O) groups excluding carboxylic acids is 2. The number of non-ortho nitro benzene ring substituents is 1. The molecule has 0 radical (unpaired) electrons. The van der Waals surface area contributed by atoms with Crippen LogP contribution in [0.2, 0.25) is 0 Å². The lowest BCUT2D eigenvalue weighted by Gasteiger charge is -2.37. The molecule has 3 N–H and O–H groups in total. The number of hydrogen-bond acceptors (Lipinski definition) is 8. The van der Waals surface area contributed by atoms with E-state index in [4.69, 9.17) is 9.47 Å². The van der Waals surface area contributed by atoms with Gasteiger partial charge in [0.25, 0.3) is 11.6 Å². The molecule has 0 bridgehead atoms. The van der Waals surface area contributed by atoms with Crippen LogP contribution in [0.25, 0.3) is 0 Å². The lowest BCUT2D eigenvalue weighted by atomic mass is 9.78. The fourth-order valence-electron chi connectivity index (χ4n) is 4.26. The Labute approximate surface area is 203 Å². The molecule has 1 aliphatic rings. The zero-order valence-corrected chi connectivity index (χ0v) is 20.6. The second-order valence-electron chi connectivity index (χ2n) is 8.61. The van der Waals surface area contributed by atoms with Crippen molar-refractivity contribution in [1.29, 1.82) is 0 Å². The summed E-state index contributed by atoms with van der Waals surface area (Å²) in [6.45, 7) is 6.67. The van der Waals surface area contributed by atoms with E-state index in [1.807, 2.05) is 0 Å². The average molecular weight is 490 g/mol. The van der Waals surface area contributed by atoms with E-state index < -0.39 is 40.1 Å². The predicted octanol–water partition coefficient (Wildman–Crippen LogP) is 2.63. The Bertz CT molecular complexity index is 1090. The number of nitrogens with one attached hydrogen (secondary N) is 2. The zero-order chi connectivity index (χ0) is 26.5. The van der Waals surface area contributed by atoms with Crippen molar-refractivity contribution in [3.8, 4) is 0 Å². The molecule has 2 rings (SSSR count). The number of methoxy groups -OCH3 is 2. The number of carboxylic acids is 1. The maximum atomic E-state index is 13.7. The molecular weight excluding hydrogens is 458 g/mol. The Kier molecular flexibility index (Phi) is 8.75. The number of benzene rings is 1. The van der Waals surface area contributed by atoms with Gasteiger partial charge >= 0.3 is 11.9 Å². The SMILES string of the molecule is COCCC(NC(=O)C1=C(C)NC(C)=C(C(=O)OC)C1c1cccc([N+](=O)[O-])c1)(C(=O)O)C(C)C. The first kappa shape index (κ1) is 27.5. The van der Waals surface area contributed by atoms with Crippen molar-refractivity contribution in [3.05, 3.63) is 62.5 Å². The summed E-state index contributed by atoms with van der Waals surface area (Å²) in [6, 6.07) is 5.61. The van der Waals surface area contributed by atoms with Crippen LogP contribution in [0.5, 0.6) is 0 Å². The summed E-state index contributed by atoms with van der Waals surface area (Å²) in [5.41, 5.74) is -0.634. The van der Waals surface area contributed by atoms with Crippen LogP contribution in [-0.2, 0) is 23.9 Å². The molecule has 11 heteroatoms. The van der Waals surface area contributed by atoms with Gasteiger partial charge in [0.2, 0.25) is 0 Å². The van der Waals surface area contributed by atoms with Gasteiger partial charge in [-0.15, -0.1) is 0 Å². The molecule has 0 aromatic heterocycles. The van der Waals surface area contributed by atoms with Gasteiger partial charge < -0.3 is 25.2 Å². The van der Waals surface area contributed by atoms with E-state index in [1.165, 1.54) is 32.4 Å². The highest BCUT2D eigenvalue weighted by atomic mass is 16.6. The van der Waals surface area contributed by atoms with E-state index in [1.54, 1.807) is 33.8 Å². The third-order valence-electron chi connectivity index (χ3n) is 6.23. The number of carbonyl (C=O) groups is 3. The van der Waals surface area contributed by atoms with E-state index >= 15 is 0 Å². The fraction of sp³-hybridized carbons (Fsp3) is 0.458. The quantitative estimate of drug-likeness (QED) is 0.255. The van der Waals surface area contributed by atoms with Gasteiger partial charge in [-0.1, -0.05) is 26.0 Å². The maximum Gasteiger partial charge on any atom is 0.336 e. The molecular formula is C24H31N3O8. The number of ether oxygens (including phenoxy) is 2. The molecule has 1 aromatic carbocycles. The number of esters is 1. The van der Waals surface area contributed by atoms with Crippen LogP contribution in [0.15, 0.2) is 46.8 Å². The van der Waals surface area contributed by atoms with Crippen LogP contribution in [0.3, 0.4) is 0 Å². The standard InChI is InChI=1S/C24H31N3O8/c1-13(2)24(23(30)31,10-11-34-5)26-21(28)18-14(3)25-15(4)19(22(29)35-6)20(18)16-8-7-9-17(12-16)27(32)33/h7-9,12-13,20,25H,10-11H2,1-6H3,(H,26,28)(H,30,31). The first-order chi connectivity index (χ1) is 16.4. The Morgan fingerprint density at radius 2 is 1.83 bits per heavy atom. The molecule has 2 unspecified atom stereocenters. The molecule has 0 spiro atoms. The molecule has 1 heterocycles. The number of allylic oxidation sites excluding steroid dienone is 2. The van der Waals surface area contributed by atoms with Gasteiger partial charge in [-0.25, -0.2) is 9.59 Å². The molecule has 0 saturated heterocycles. The van der Waals surface area contributed by atoms with Crippen molar-refractivity contribution in [2.75, 3.05) is 20.8 Å². The van der Waals surface area contributed by atoms with Crippen LogP contribution in [0.4, 0.5) is 5.69 Å². The molecule has 1 aromatic rings. The highest BCUT2D eigenvalue weighted by Crippen LogP contribution is 2.40. The molecule has 0 aliphatic carbocycles. The first-order valence-electron chi connectivity index (χ1n) is 11.0. The summed E-state index contributed by atoms with van der Waals surface area (Å²) >= 11 is 0. The van der Waals surface area contributed by atoms with Crippen molar-refractivity contribution in [2.24, 2.45) is 5.92 Å². The fourth-order valence-corrected chi connectivity index (χ4v) is 4.26. The van der Waals surface area contributed by atoms with E-state index in [-0.39, 0.29) is 29.9 Å². The van der Waals surface area contributed by atoms with Crippen molar-refractivity contribution in [3.63, 3.8) is 0 Å². The smallest absolute Gasteiger partial charge is 0.336 e. The lowest BCUT2D eigenvalue weighted by Crippen LogP contribution is -2.59. The van der Waals surface area contributed by atoms with Crippen molar-refractivity contribution < 1.29 is 33.9 Å². The van der Waals surface area contributed by atoms with Crippen LogP contribution in [0.1, 0.15) is 45.6 Å². The van der Waals surface area contributed by atoms with E-state index in [0.29, 0.717) is 17.0 Å². The maximum absolute atomic E-state index is 13.7. The number of amides is 1. The monoisotopic (exact) mass is 489 g/mol. The summed E-state index contributed by atoms with van der Waals surface area (Å²) in [6.07, 6.45) is 0.00218. The normalized spacial score (nSPS) is 17.5. The number of dihydropyridines is 1. The molecule has 1 amide bonds. The lowest BCUT2D eigenvalue weighted by molar-refractivity contribution is -0.384. The third-order valence-corrected chi connectivity index (χ3v) is 6.23. The van der Waals surface area contributed by atoms with Crippen LogP contribution in [0, 0.1) is 16.0 Å².